The van der Waals surface area contributed by atoms with E-state index in [1.54, 1.807) is 12.1 Å². The van der Waals surface area contributed by atoms with Crippen molar-refractivity contribution in [1.29, 1.82) is 0 Å². The van der Waals surface area contributed by atoms with E-state index in [-0.39, 0.29) is 16.7 Å². The van der Waals surface area contributed by atoms with Gasteiger partial charge in [-0.2, -0.15) is 0 Å². The first-order valence-electron chi connectivity index (χ1n) is 8.14. The third-order valence-electron chi connectivity index (χ3n) is 5.24. The van der Waals surface area contributed by atoms with Crippen LogP contribution < -0.4 is 0 Å². The maximum absolute atomic E-state index is 13.0. The van der Waals surface area contributed by atoms with Gasteiger partial charge in [0.05, 0.1) is 15.7 Å². The van der Waals surface area contributed by atoms with Crippen LogP contribution in [0, 0.1) is 0 Å². The number of hydrogen-bond donors (Lipinski definition) is 1. The standard InChI is InChI=1S/C17H20O4S/c18-17(19)14-9-8-13(10-2-1-3-10)16(15(14)11-4-5-11)22(20,21)12-6-7-12/h8-12H,1-7H2,(H,18,19). The van der Waals surface area contributed by atoms with Gasteiger partial charge in [-0.15, -0.1) is 0 Å². The van der Waals surface area contributed by atoms with Crippen molar-refractivity contribution in [3.05, 3.63) is 28.8 Å². The summed E-state index contributed by atoms with van der Waals surface area (Å²) in [7, 11) is -3.37. The predicted octanol–water partition coefficient (Wildman–Crippen LogP) is 3.47. The highest BCUT2D eigenvalue weighted by Gasteiger charge is 2.44. The van der Waals surface area contributed by atoms with Gasteiger partial charge in [0, 0.05) is 0 Å². The summed E-state index contributed by atoms with van der Waals surface area (Å²) in [5.41, 5.74) is 1.71. The molecule has 0 bridgehead atoms. The molecule has 5 heteroatoms. The Morgan fingerprint density at radius 3 is 2.14 bits per heavy atom. The summed E-state index contributed by atoms with van der Waals surface area (Å²) in [6, 6.07) is 3.41. The Balaban J connectivity index is 1.97. The highest BCUT2D eigenvalue weighted by Crippen LogP contribution is 2.51. The van der Waals surface area contributed by atoms with Crippen LogP contribution in [-0.2, 0) is 9.84 Å². The monoisotopic (exact) mass is 320 g/mol. The van der Waals surface area contributed by atoms with Crippen molar-refractivity contribution in [2.75, 3.05) is 0 Å². The first-order chi connectivity index (χ1) is 10.5. The molecule has 0 unspecified atom stereocenters. The van der Waals surface area contributed by atoms with Crippen molar-refractivity contribution in [3.63, 3.8) is 0 Å². The van der Waals surface area contributed by atoms with Crippen LogP contribution in [0.1, 0.15) is 78.3 Å². The van der Waals surface area contributed by atoms with E-state index in [1.165, 1.54) is 0 Å². The fourth-order valence-electron chi connectivity index (χ4n) is 3.48. The van der Waals surface area contributed by atoms with Gasteiger partial charge in [0.25, 0.3) is 0 Å². The van der Waals surface area contributed by atoms with Gasteiger partial charge >= 0.3 is 5.97 Å². The van der Waals surface area contributed by atoms with Crippen LogP contribution in [0.4, 0.5) is 0 Å². The van der Waals surface area contributed by atoms with Gasteiger partial charge in [-0.05, 0) is 67.6 Å². The van der Waals surface area contributed by atoms with Gasteiger partial charge in [0.2, 0.25) is 0 Å². The molecule has 0 atom stereocenters. The number of carboxylic acid groups (broad SMARTS) is 1. The van der Waals surface area contributed by atoms with Crippen LogP contribution >= 0.6 is 0 Å². The van der Waals surface area contributed by atoms with E-state index in [0.29, 0.717) is 29.2 Å². The largest absolute Gasteiger partial charge is 0.478 e. The Morgan fingerprint density at radius 2 is 1.68 bits per heavy atom. The Bertz CT molecular complexity index is 738. The Hall–Kier alpha value is -1.36. The van der Waals surface area contributed by atoms with Crippen molar-refractivity contribution < 1.29 is 18.3 Å². The summed E-state index contributed by atoms with van der Waals surface area (Å²) in [4.78, 5) is 12.0. The second kappa shape index (κ2) is 4.82. The zero-order valence-corrected chi connectivity index (χ0v) is 13.2. The van der Waals surface area contributed by atoms with Crippen molar-refractivity contribution in [2.45, 2.75) is 66.9 Å². The van der Waals surface area contributed by atoms with E-state index in [4.69, 9.17) is 0 Å². The summed E-state index contributed by atoms with van der Waals surface area (Å²) in [6.07, 6.45) is 6.41. The predicted molar refractivity (Wildman–Crippen MR) is 82.2 cm³/mol. The summed E-state index contributed by atoms with van der Waals surface area (Å²) in [5.74, 6) is -0.590. The molecule has 3 aliphatic rings. The quantitative estimate of drug-likeness (QED) is 0.902. The molecule has 1 aromatic rings. The normalized spacial score (nSPS) is 22.4. The molecule has 0 amide bonds. The van der Waals surface area contributed by atoms with Gasteiger partial charge in [-0.25, -0.2) is 13.2 Å². The highest BCUT2D eigenvalue weighted by molar-refractivity contribution is 7.92. The molecular weight excluding hydrogens is 300 g/mol. The van der Waals surface area contributed by atoms with Gasteiger partial charge in [-0.3, -0.25) is 0 Å². The van der Waals surface area contributed by atoms with E-state index < -0.39 is 15.8 Å². The minimum Gasteiger partial charge on any atom is -0.478 e. The summed E-state index contributed by atoms with van der Waals surface area (Å²) in [5, 5.41) is 9.21. The van der Waals surface area contributed by atoms with Gasteiger partial charge in [0.15, 0.2) is 9.84 Å². The molecule has 0 spiro atoms. The first kappa shape index (κ1) is 14.2. The maximum atomic E-state index is 13.0. The Morgan fingerprint density at radius 1 is 1.00 bits per heavy atom. The third kappa shape index (κ3) is 2.18. The van der Waals surface area contributed by atoms with Crippen LogP contribution in [0.3, 0.4) is 0 Å². The second-order valence-corrected chi connectivity index (χ2v) is 9.06. The number of benzene rings is 1. The number of hydrogen-bond acceptors (Lipinski definition) is 3. The average Bonchev–Trinajstić information content (AvgIpc) is 3.26. The van der Waals surface area contributed by atoms with Crippen LogP contribution in [-0.4, -0.2) is 24.7 Å². The maximum Gasteiger partial charge on any atom is 0.336 e. The molecule has 3 aliphatic carbocycles. The molecule has 22 heavy (non-hydrogen) atoms. The van der Waals surface area contributed by atoms with Crippen molar-refractivity contribution >= 4 is 15.8 Å². The lowest BCUT2D eigenvalue weighted by atomic mass is 9.79. The zero-order valence-electron chi connectivity index (χ0n) is 12.4. The lowest BCUT2D eigenvalue weighted by molar-refractivity contribution is 0.0695. The molecule has 0 aromatic heterocycles. The van der Waals surface area contributed by atoms with Crippen LogP contribution in [0.2, 0.25) is 0 Å². The van der Waals surface area contributed by atoms with Crippen molar-refractivity contribution in [1.82, 2.24) is 0 Å². The zero-order chi connectivity index (χ0) is 15.5. The highest BCUT2D eigenvalue weighted by atomic mass is 32.2. The van der Waals surface area contributed by atoms with Crippen LogP contribution in [0.5, 0.6) is 0 Å². The SMILES string of the molecule is O=C(O)c1ccc(C2CCC2)c(S(=O)(=O)C2CC2)c1C1CC1. The minimum absolute atomic E-state index is 0.120. The fraction of sp³-hybridized carbons (Fsp3) is 0.588. The molecule has 0 aliphatic heterocycles. The summed E-state index contributed by atoms with van der Waals surface area (Å²) >= 11 is 0. The minimum atomic E-state index is -3.37. The lowest BCUT2D eigenvalue weighted by Crippen LogP contribution is -2.20. The number of aromatic carboxylic acids is 1. The van der Waals surface area contributed by atoms with E-state index in [2.05, 4.69) is 0 Å². The number of carboxylic acids is 1. The molecule has 0 heterocycles. The van der Waals surface area contributed by atoms with Crippen LogP contribution in [0.25, 0.3) is 0 Å². The van der Waals surface area contributed by atoms with Crippen LogP contribution in [0.15, 0.2) is 17.0 Å². The van der Waals surface area contributed by atoms with Crippen molar-refractivity contribution in [2.24, 2.45) is 0 Å². The fourth-order valence-corrected chi connectivity index (χ4v) is 5.72. The molecule has 0 saturated heterocycles. The molecular formula is C17H20O4S. The van der Waals surface area contributed by atoms with E-state index >= 15 is 0 Å². The molecule has 3 fully saturated rings. The number of sulfone groups is 1. The number of carbonyl (C=O) groups is 1. The number of rotatable bonds is 5. The molecule has 1 aromatic carbocycles. The van der Waals surface area contributed by atoms with E-state index in [0.717, 1.165) is 37.7 Å². The summed E-state index contributed by atoms with van der Waals surface area (Å²) in [6.45, 7) is 0. The average molecular weight is 320 g/mol. The van der Waals surface area contributed by atoms with Gasteiger partial charge < -0.3 is 5.11 Å². The molecule has 1 N–H and O–H groups in total. The van der Waals surface area contributed by atoms with Gasteiger partial charge in [-0.1, -0.05) is 12.5 Å². The molecule has 4 rings (SSSR count). The molecule has 4 nitrogen and oxygen atoms in total. The third-order valence-corrected chi connectivity index (χ3v) is 7.61. The first-order valence-corrected chi connectivity index (χ1v) is 9.68. The topological polar surface area (TPSA) is 71.4 Å². The van der Waals surface area contributed by atoms with E-state index in [1.807, 2.05) is 0 Å². The Kier molecular flexibility index (Phi) is 3.12. The lowest BCUT2D eigenvalue weighted by Gasteiger charge is -2.29. The molecule has 0 radical (unpaired) electrons. The summed E-state index contributed by atoms with van der Waals surface area (Å²) < 4.78 is 26.0. The molecule has 3 saturated carbocycles. The van der Waals surface area contributed by atoms with E-state index in [9.17, 15) is 18.3 Å². The van der Waals surface area contributed by atoms with Crippen molar-refractivity contribution in [3.8, 4) is 0 Å². The second-order valence-electron chi connectivity index (χ2n) is 6.90. The van der Waals surface area contributed by atoms with Gasteiger partial charge in [0.1, 0.15) is 0 Å². The molecule has 118 valence electrons. The smallest absolute Gasteiger partial charge is 0.336 e. The Labute approximate surface area is 130 Å².